The van der Waals surface area contributed by atoms with Crippen LogP contribution in [-0.2, 0) is 14.3 Å². The van der Waals surface area contributed by atoms with Crippen molar-refractivity contribution in [3.8, 4) is 0 Å². The summed E-state index contributed by atoms with van der Waals surface area (Å²) >= 11 is 0. The van der Waals surface area contributed by atoms with E-state index in [-0.39, 0.29) is 18.4 Å². The van der Waals surface area contributed by atoms with Crippen molar-refractivity contribution in [2.75, 3.05) is 33.4 Å². The highest BCUT2D eigenvalue weighted by Crippen LogP contribution is 2.19. The summed E-state index contributed by atoms with van der Waals surface area (Å²) in [7, 11) is 1.63. The Balaban J connectivity index is 2.23. The fourth-order valence-corrected chi connectivity index (χ4v) is 2.22. The van der Waals surface area contributed by atoms with Crippen LogP contribution in [0.3, 0.4) is 0 Å². The first-order valence-electron chi connectivity index (χ1n) is 6.35. The van der Waals surface area contributed by atoms with Gasteiger partial charge in [0.2, 0.25) is 5.91 Å². The zero-order valence-electron chi connectivity index (χ0n) is 10.9. The third-order valence-corrected chi connectivity index (χ3v) is 3.10. The van der Waals surface area contributed by atoms with E-state index < -0.39 is 5.97 Å². The molecule has 1 rings (SSSR count). The molecule has 0 aromatic carbocycles. The van der Waals surface area contributed by atoms with Gasteiger partial charge >= 0.3 is 5.97 Å². The first-order valence-corrected chi connectivity index (χ1v) is 6.35. The van der Waals surface area contributed by atoms with Gasteiger partial charge in [0, 0.05) is 26.3 Å². The third-order valence-electron chi connectivity index (χ3n) is 3.10. The number of carbonyl (C=O) groups is 2. The van der Waals surface area contributed by atoms with E-state index in [1.54, 1.807) is 7.11 Å². The molecule has 1 amide bonds. The quantitative estimate of drug-likeness (QED) is 0.603. The van der Waals surface area contributed by atoms with Crippen LogP contribution in [0.5, 0.6) is 0 Å². The second-order valence-corrected chi connectivity index (χ2v) is 4.56. The lowest BCUT2D eigenvalue weighted by molar-refractivity contribution is -0.138. The van der Waals surface area contributed by atoms with Crippen molar-refractivity contribution in [2.45, 2.75) is 31.7 Å². The van der Waals surface area contributed by atoms with Crippen molar-refractivity contribution in [2.24, 2.45) is 0 Å². The molecule has 0 saturated carbocycles. The van der Waals surface area contributed by atoms with Gasteiger partial charge in [0.15, 0.2) is 0 Å². The number of methoxy groups -OCH3 is 1. The molecular formula is C12H22N2O4. The molecule has 0 radical (unpaired) electrons. The summed E-state index contributed by atoms with van der Waals surface area (Å²) in [5.41, 5.74) is 0. The molecule has 104 valence electrons. The average molecular weight is 258 g/mol. The number of carboxylic acid groups (broad SMARTS) is 1. The standard InChI is InChI=1S/C12H22N2O4/c1-18-7-3-5-13-11(15)9-14-6-2-4-10(14)8-12(16)17/h10H,2-9H2,1H3,(H,13,15)(H,16,17). The highest BCUT2D eigenvalue weighted by molar-refractivity contribution is 5.78. The number of likely N-dealkylation sites (tertiary alicyclic amines) is 1. The fraction of sp³-hybridized carbons (Fsp3) is 0.833. The zero-order chi connectivity index (χ0) is 13.4. The largest absolute Gasteiger partial charge is 0.481 e. The Labute approximate surface area is 107 Å². The van der Waals surface area contributed by atoms with Crippen LogP contribution in [0.1, 0.15) is 25.7 Å². The Kier molecular flexibility index (Phi) is 6.67. The molecule has 0 aromatic rings. The summed E-state index contributed by atoms with van der Waals surface area (Å²) in [6.07, 6.45) is 2.75. The van der Waals surface area contributed by atoms with Crippen LogP contribution in [0, 0.1) is 0 Å². The lowest BCUT2D eigenvalue weighted by Crippen LogP contribution is -2.40. The molecule has 18 heavy (non-hydrogen) atoms. The van der Waals surface area contributed by atoms with E-state index in [1.165, 1.54) is 0 Å². The van der Waals surface area contributed by atoms with Gasteiger partial charge in [-0.3, -0.25) is 14.5 Å². The van der Waals surface area contributed by atoms with Crippen molar-refractivity contribution < 1.29 is 19.4 Å². The van der Waals surface area contributed by atoms with E-state index in [4.69, 9.17) is 9.84 Å². The number of carboxylic acids is 1. The number of aliphatic carboxylic acids is 1. The minimum absolute atomic E-state index is 0.00669. The third kappa shape index (κ3) is 5.46. The van der Waals surface area contributed by atoms with Gasteiger partial charge in [-0.2, -0.15) is 0 Å². The molecule has 2 N–H and O–H groups in total. The van der Waals surface area contributed by atoms with Gasteiger partial charge in [-0.05, 0) is 25.8 Å². The van der Waals surface area contributed by atoms with Gasteiger partial charge in [-0.15, -0.1) is 0 Å². The molecule has 1 atom stereocenters. The minimum atomic E-state index is -0.799. The van der Waals surface area contributed by atoms with Crippen molar-refractivity contribution >= 4 is 11.9 Å². The topological polar surface area (TPSA) is 78.9 Å². The maximum absolute atomic E-state index is 11.7. The molecule has 1 fully saturated rings. The van der Waals surface area contributed by atoms with Gasteiger partial charge < -0.3 is 15.2 Å². The van der Waals surface area contributed by atoms with E-state index in [2.05, 4.69) is 5.32 Å². The van der Waals surface area contributed by atoms with Crippen LogP contribution < -0.4 is 5.32 Å². The van der Waals surface area contributed by atoms with Crippen LogP contribution in [-0.4, -0.2) is 61.3 Å². The molecule has 6 nitrogen and oxygen atoms in total. The van der Waals surface area contributed by atoms with Gasteiger partial charge in [0.1, 0.15) is 0 Å². The zero-order valence-corrected chi connectivity index (χ0v) is 10.9. The monoisotopic (exact) mass is 258 g/mol. The first kappa shape index (κ1) is 14.9. The number of rotatable bonds is 8. The first-order chi connectivity index (χ1) is 8.63. The van der Waals surface area contributed by atoms with Crippen LogP contribution >= 0.6 is 0 Å². The van der Waals surface area contributed by atoms with Crippen molar-refractivity contribution in [1.29, 1.82) is 0 Å². The predicted molar refractivity (Wildman–Crippen MR) is 66.4 cm³/mol. The fourth-order valence-electron chi connectivity index (χ4n) is 2.22. The molecule has 1 heterocycles. The van der Waals surface area contributed by atoms with E-state index in [9.17, 15) is 9.59 Å². The molecule has 0 aromatic heterocycles. The number of amides is 1. The van der Waals surface area contributed by atoms with Crippen LogP contribution in [0.15, 0.2) is 0 Å². The second kappa shape index (κ2) is 8.05. The molecule has 0 bridgehead atoms. The Bertz CT molecular complexity index is 283. The van der Waals surface area contributed by atoms with E-state index >= 15 is 0 Å². The highest BCUT2D eigenvalue weighted by Gasteiger charge is 2.27. The molecule has 0 aliphatic carbocycles. The summed E-state index contributed by atoms with van der Waals surface area (Å²) in [5.74, 6) is -0.837. The molecule has 1 aliphatic rings. The molecule has 0 spiro atoms. The predicted octanol–water partition coefficient (Wildman–Crippen LogP) is 0.0782. The summed E-state index contributed by atoms with van der Waals surface area (Å²) in [6.45, 7) is 2.34. The smallest absolute Gasteiger partial charge is 0.304 e. The maximum Gasteiger partial charge on any atom is 0.304 e. The number of ether oxygens (including phenoxy) is 1. The number of hydrogen-bond donors (Lipinski definition) is 2. The van der Waals surface area contributed by atoms with Crippen molar-refractivity contribution in [3.05, 3.63) is 0 Å². The SMILES string of the molecule is COCCCNC(=O)CN1CCCC1CC(=O)O. The lowest BCUT2D eigenvalue weighted by atomic mass is 10.1. The van der Waals surface area contributed by atoms with Crippen LogP contribution in [0.4, 0.5) is 0 Å². The van der Waals surface area contributed by atoms with E-state index in [1.807, 2.05) is 4.90 Å². The molecule has 1 unspecified atom stereocenters. The maximum atomic E-state index is 11.7. The summed E-state index contributed by atoms with van der Waals surface area (Å²) in [6, 6.07) is 0.00669. The summed E-state index contributed by atoms with van der Waals surface area (Å²) in [4.78, 5) is 24.3. The van der Waals surface area contributed by atoms with Crippen molar-refractivity contribution in [1.82, 2.24) is 10.2 Å². The van der Waals surface area contributed by atoms with Gasteiger partial charge in [0.25, 0.3) is 0 Å². The number of hydrogen-bond acceptors (Lipinski definition) is 4. The summed E-state index contributed by atoms with van der Waals surface area (Å²) < 4.78 is 4.89. The minimum Gasteiger partial charge on any atom is -0.481 e. The Morgan fingerprint density at radius 2 is 2.28 bits per heavy atom. The van der Waals surface area contributed by atoms with Crippen LogP contribution in [0.25, 0.3) is 0 Å². The second-order valence-electron chi connectivity index (χ2n) is 4.56. The van der Waals surface area contributed by atoms with Gasteiger partial charge in [-0.25, -0.2) is 0 Å². The highest BCUT2D eigenvalue weighted by atomic mass is 16.5. The Morgan fingerprint density at radius 3 is 2.94 bits per heavy atom. The number of nitrogens with zero attached hydrogens (tertiary/aromatic N) is 1. The lowest BCUT2D eigenvalue weighted by Gasteiger charge is -2.22. The Morgan fingerprint density at radius 1 is 1.50 bits per heavy atom. The van der Waals surface area contributed by atoms with Crippen molar-refractivity contribution in [3.63, 3.8) is 0 Å². The number of carbonyl (C=O) groups excluding carboxylic acids is 1. The van der Waals surface area contributed by atoms with E-state index in [0.29, 0.717) is 19.7 Å². The normalized spacial score (nSPS) is 19.9. The molecule has 1 aliphatic heterocycles. The molecular weight excluding hydrogens is 236 g/mol. The molecule has 6 heteroatoms. The Hall–Kier alpha value is -1.14. The van der Waals surface area contributed by atoms with Crippen LogP contribution in [0.2, 0.25) is 0 Å². The van der Waals surface area contributed by atoms with Gasteiger partial charge in [0.05, 0.1) is 13.0 Å². The molecule has 1 saturated heterocycles. The average Bonchev–Trinajstić information content (AvgIpc) is 2.71. The number of nitrogens with one attached hydrogen (secondary N) is 1. The van der Waals surface area contributed by atoms with E-state index in [0.717, 1.165) is 25.8 Å². The summed E-state index contributed by atoms with van der Waals surface area (Å²) in [5, 5.41) is 11.6. The van der Waals surface area contributed by atoms with Gasteiger partial charge in [-0.1, -0.05) is 0 Å².